The number of benzene rings is 1. The highest BCUT2D eigenvalue weighted by Gasteiger charge is 2.14. The van der Waals surface area contributed by atoms with Crippen molar-refractivity contribution >= 4 is 40.7 Å². The molecule has 0 saturated carbocycles. The van der Waals surface area contributed by atoms with Crippen LogP contribution in [0.4, 0.5) is 0 Å². The summed E-state index contributed by atoms with van der Waals surface area (Å²) in [5, 5.41) is 10.3. The second kappa shape index (κ2) is 15.1. The molecular formula is C26H33Cl2N3S. The number of thioether (sulfide) groups is 1. The van der Waals surface area contributed by atoms with E-state index in [1.165, 1.54) is 5.56 Å². The summed E-state index contributed by atoms with van der Waals surface area (Å²) in [7, 11) is 0. The molecule has 0 fully saturated rings. The van der Waals surface area contributed by atoms with Gasteiger partial charge in [-0.1, -0.05) is 69.6 Å². The first kappa shape index (κ1) is 28.2. The Hall–Kier alpha value is -1.80. The van der Waals surface area contributed by atoms with Crippen LogP contribution >= 0.6 is 35.0 Å². The van der Waals surface area contributed by atoms with Gasteiger partial charge in [0.2, 0.25) is 0 Å². The molecule has 1 aromatic heterocycles. The summed E-state index contributed by atoms with van der Waals surface area (Å²) >= 11 is 13.8. The van der Waals surface area contributed by atoms with Crippen molar-refractivity contribution in [2.45, 2.75) is 65.7 Å². The average Bonchev–Trinajstić information content (AvgIpc) is 2.76. The lowest BCUT2D eigenvalue weighted by Crippen LogP contribution is -2.11. The van der Waals surface area contributed by atoms with Crippen LogP contribution in [0.1, 0.15) is 59.9 Å². The van der Waals surface area contributed by atoms with E-state index in [4.69, 9.17) is 33.5 Å². The molecule has 0 aliphatic carbocycles. The van der Waals surface area contributed by atoms with Crippen LogP contribution in [0.15, 0.2) is 63.2 Å². The number of aryl methyl sites for hydroxylation is 1. The van der Waals surface area contributed by atoms with E-state index in [1.54, 1.807) is 17.8 Å². The van der Waals surface area contributed by atoms with Gasteiger partial charge in [-0.05, 0) is 67.5 Å². The Bertz CT molecular complexity index is 927. The van der Waals surface area contributed by atoms with E-state index in [0.29, 0.717) is 22.4 Å². The molecular weight excluding hydrogens is 457 g/mol. The van der Waals surface area contributed by atoms with Gasteiger partial charge < -0.3 is 0 Å². The monoisotopic (exact) mass is 489 g/mol. The van der Waals surface area contributed by atoms with Gasteiger partial charge in [0, 0.05) is 38.0 Å². The third kappa shape index (κ3) is 10.2. The number of halogens is 2. The molecule has 172 valence electrons. The number of nitrogens with zero attached hydrogens (tertiary/aromatic N) is 3. The van der Waals surface area contributed by atoms with Crippen LogP contribution < -0.4 is 0 Å². The summed E-state index contributed by atoms with van der Waals surface area (Å²) in [6.07, 6.45) is 6.08. The first-order chi connectivity index (χ1) is 15.2. The lowest BCUT2D eigenvalue weighted by Gasteiger charge is -2.16. The van der Waals surface area contributed by atoms with Crippen molar-refractivity contribution < 1.29 is 0 Å². The minimum atomic E-state index is 0.268. The third-order valence-electron chi connectivity index (χ3n) is 4.88. The number of allylic oxidation sites excluding steroid dienone is 2. The smallest absolute Gasteiger partial charge is 0.0738 e. The van der Waals surface area contributed by atoms with Crippen molar-refractivity contribution in [3.63, 3.8) is 0 Å². The number of hydrogen-bond donors (Lipinski definition) is 0. The van der Waals surface area contributed by atoms with Crippen LogP contribution in [0.2, 0.25) is 10.0 Å². The zero-order chi connectivity index (χ0) is 24.1. The Labute approximate surface area is 208 Å². The molecule has 0 spiro atoms. The lowest BCUT2D eigenvalue weighted by atomic mass is 10.00. The molecule has 2 aromatic rings. The largest absolute Gasteiger partial charge is 0.265 e. The van der Waals surface area contributed by atoms with Crippen LogP contribution in [0.5, 0.6) is 0 Å². The fraction of sp³-hybridized carbons (Fsp3) is 0.423. The maximum atomic E-state index is 9.09. The van der Waals surface area contributed by atoms with Crippen molar-refractivity contribution in [3.05, 3.63) is 68.9 Å². The number of nitriles is 1. The van der Waals surface area contributed by atoms with Crippen LogP contribution in [0, 0.1) is 23.2 Å². The predicted octanol–water partition coefficient (Wildman–Crippen LogP) is 9.02. The minimum absolute atomic E-state index is 0.268. The molecule has 32 heavy (non-hydrogen) atoms. The van der Waals surface area contributed by atoms with Crippen molar-refractivity contribution in [1.29, 1.82) is 5.26 Å². The van der Waals surface area contributed by atoms with Gasteiger partial charge in [-0.2, -0.15) is 5.26 Å². The van der Waals surface area contributed by atoms with E-state index < -0.39 is 0 Å². The standard InChI is InChI=1S/C19H24Cl2N2S.C7H9N/c1-6-13(4)18(7-8-22)23-19(12(2)3)14(5)24-17-10-15(20)9-16(21)11-17;1-2-7-3-5-8-6-4-7/h9-13H,6-7H2,1-5H3;3-6H,2H2,1H3/b19-14+,23-18?;. The highest BCUT2D eigenvalue weighted by Crippen LogP contribution is 2.35. The van der Waals surface area contributed by atoms with E-state index in [-0.39, 0.29) is 5.92 Å². The van der Waals surface area contributed by atoms with E-state index in [2.05, 4.69) is 52.6 Å². The molecule has 0 amide bonds. The molecule has 1 atom stereocenters. The first-order valence-electron chi connectivity index (χ1n) is 10.9. The van der Waals surface area contributed by atoms with Gasteiger partial charge >= 0.3 is 0 Å². The summed E-state index contributed by atoms with van der Waals surface area (Å²) in [4.78, 5) is 10.8. The van der Waals surface area contributed by atoms with Crippen LogP contribution in [-0.4, -0.2) is 10.7 Å². The van der Waals surface area contributed by atoms with Crippen molar-refractivity contribution in [3.8, 4) is 6.07 Å². The Morgan fingerprint density at radius 2 is 1.69 bits per heavy atom. The fourth-order valence-corrected chi connectivity index (χ4v) is 4.61. The van der Waals surface area contributed by atoms with Crippen LogP contribution in [-0.2, 0) is 6.42 Å². The molecule has 0 radical (unpaired) electrons. The molecule has 0 N–H and O–H groups in total. The Kier molecular flexibility index (Phi) is 13.3. The molecule has 6 heteroatoms. The van der Waals surface area contributed by atoms with Crippen molar-refractivity contribution in [2.24, 2.45) is 16.8 Å². The molecule has 0 bridgehead atoms. The van der Waals surface area contributed by atoms with Crippen molar-refractivity contribution in [1.82, 2.24) is 4.98 Å². The molecule has 0 saturated heterocycles. The Morgan fingerprint density at radius 1 is 1.09 bits per heavy atom. The van der Waals surface area contributed by atoms with Gasteiger partial charge in [0.25, 0.3) is 0 Å². The van der Waals surface area contributed by atoms with E-state index >= 15 is 0 Å². The average molecular weight is 491 g/mol. The summed E-state index contributed by atoms with van der Waals surface area (Å²) in [5.41, 5.74) is 3.31. The molecule has 0 aliphatic heterocycles. The summed E-state index contributed by atoms with van der Waals surface area (Å²) < 4.78 is 0. The molecule has 1 heterocycles. The first-order valence-corrected chi connectivity index (χ1v) is 12.5. The number of hydrogen-bond acceptors (Lipinski definition) is 4. The minimum Gasteiger partial charge on any atom is -0.265 e. The van der Waals surface area contributed by atoms with E-state index in [0.717, 1.165) is 34.1 Å². The maximum absolute atomic E-state index is 9.09. The van der Waals surface area contributed by atoms with Crippen molar-refractivity contribution in [2.75, 3.05) is 0 Å². The van der Waals surface area contributed by atoms with E-state index in [1.807, 2.05) is 36.7 Å². The fourth-order valence-electron chi connectivity index (χ4n) is 2.84. The molecule has 1 aromatic carbocycles. The second-order valence-electron chi connectivity index (χ2n) is 7.76. The predicted molar refractivity (Wildman–Crippen MR) is 141 cm³/mol. The maximum Gasteiger partial charge on any atom is 0.0738 e. The van der Waals surface area contributed by atoms with Gasteiger partial charge in [-0.15, -0.1) is 0 Å². The second-order valence-corrected chi connectivity index (χ2v) is 9.92. The number of aliphatic imine (C=N–C) groups is 1. The molecule has 1 unspecified atom stereocenters. The number of pyridine rings is 1. The Morgan fingerprint density at radius 3 is 2.12 bits per heavy atom. The highest BCUT2D eigenvalue weighted by atomic mass is 35.5. The quantitative estimate of drug-likeness (QED) is 0.274. The highest BCUT2D eigenvalue weighted by molar-refractivity contribution is 8.03. The van der Waals surface area contributed by atoms with Gasteiger partial charge in [0.1, 0.15) is 0 Å². The van der Waals surface area contributed by atoms with Gasteiger partial charge in [0.05, 0.1) is 18.2 Å². The number of rotatable bonds is 8. The van der Waals surface area contributed by atoms with Gasteiger partial charge in [0.15, 0.2) is 0 Å². The normalized spacial score (nSPS) is 13.1. The summed E-state index contributed by atoms with van der Waals surface area (Å²) in [5.74, 6) is 0.571. The summed E-state index contributed by atoms with van der Waals surface area (Å²) in [6, 6.07) is 11.8. The Balaban J connectivity index is 0.000000533. The van der Waals surface area contributed by atoms with Crippen LogP contribution in [0.3, 0.4) is 0 Å². The SMILES string of the molecule is CCC(C)C(CC#N)=N/C(=C(\C)Sc1cc(Cl)cc(Cl)c1)C(C)C.CCc1ccncc1. The topological polar surface area (TPSA) is 49.0 Å². The zero-order valence-corrected chi connectivity index (χ0v) is 22.2. The lowest BCUT2D eigenvalue weighted by molar-refractivity contribution is 0.711. The molecule has 0 aliphatic rings. The molecule has 3 nitrogen and oxygen atoms in total. The van der Waals surface area contributed by atoms with Gasteiger partial charge in [-0.25, -0.2) is 0 Å². The third-order valence-corrected chi connectivity index (χ3v) is 6.30. The summed E-state index contributed by atoms with van der Waals surface area (Å²) in [6.45, 7) is 12.7. The zero-order valence-electron chi connectivity index (χ0n) is 19.8. The number of aromatic nitrogens is 1. The van der Waals surface area contributed by atoms with E-state index in [9.17, 15) is 0 Å². The molecule has 2 rings (SSSR count). The van der Waals surface area contributed by atoms with Gasteiger partial charge in [-0.3, -0.25) is 9.98 Å². The van der Waals surface area contributed by atoms with Crippen LogP contribution in [0.25, 0.3) is 0 Å².